The van der Waals surface area contributed by atoms with E-state index in [4.69, 9.17) is 11.6 Å². The Hall–Kier alpha value is -1.86. The zero-order valence-corrected chi connectivity index (χ0v) is 16.9. The molecule has 1 atom stereocenters. The fourth-order valence-corrected chi connectivity index (χ4v) is 4.11. The molecule has 1 amide bonds. The van der Waals surface area contributed by atoms with Gasteiger partial charge in [0.25, 0.3) is 0 Å². The lowest BCUT2D eigenvalue weighted by Gasteiger charge is -2.33. The molecule has 7 nitrogen and oxygen atoms in total. The largest absolute Gasteiger partial charge is 0.353 e. The normalized spacial score (nSPS) is 25.5. The van der Waals surface area contributed by atoms with E-state index in [1.807, 2.05) is 0 Å². The maximum absolute atomic E-state index is 11.5. The molecule has 2 aliphatic rings. The summed E-state index contributed by atoms with van der Waals surface area (Å²) in [6, 6.07) is 1.14. The number of amides is 1. The third kappa shape index (κ3) is 5.11. The van der Waals surface area contributed by atoms with E-state index in [0.29, 0.717) is 29.6 Å². The molecule has 27 heavy (non-hydrogen) atoms. The van der Waals surface area contributed by atoms with Crippen LogP contribution in [0.3, 0.4) is 0 Å². The molecule has 1 aromatic rings. The van der Waals surface area contributed by atoms with Gasteiger partial charge in [0.2, 0.25) is 11.9 Å². The van der Waals surface area contributed by atoms with E-state index < -0.39 is 0 Å². The van der Waals surface area contributed by atoms with E-state index in [-0.39, 0.29) is 11.9 Å². The summed E-state index contributed by atoms with van der Waals surface area (Å²) in [5.74, 6) is 1.21. The molecule has 1 aromatic heterocycles. The van der Waals surface area contributed by atoms with Crippen molar-refractivity contribution in [3.8, 4) is 0 Å². The van der Waals surface area contributed by atoms with E-state index in [2.05, 4.69) is 51.1 Å². The summed E-state index contributed by atoms with van der Waals surface area (Å²) in [5.41, 5.74) is 0. The summed E-state index contributed by atoms with van der Waals surface area (Å²) >= 11 is 6.35. The van der Waals surface area contributed by atoms with Crippen molar-refractivity contribution in [1.29, 1.82) is 0 Å². The molecule has 8 heteroatoms. The monoisotopic (exact) mass is 392 g/mol. The SMILES string of the molecule is C=CC(=O)N[C@@H]1CCN(c2nc(NC3CCC(N(C)C)CC3)ncc2Cl)C1. The van der Waals surface area contributed by atoms with Crippen LogP contribution in [0.4, 0.5) is 11.8 Å². The molecule has 0 aromatic carbocycles. The van der Waals surface area contributed by atoms with Crippen molar-refractivity contribution in [3.63, 3.8) is 0 Å². The lowest BCUT2D eigenvalue weighted by atomic mass is 9.91. The highest BCUT2D eigenvalue weighted by Gasteiger charge is 2.27. The van der Waals surface area contributed by atoms with E-state index in [0.717, 1.165) is 31.6 Å². The molecule has 2 heterocycles. The second-order valence-electron chi connectivity index (χ2n) is 7.62. The third-order valence-electron chi connectivity index (χ3n) is 5.51. The standard InChI is InChI=1S/C19H29ClN6O/c1-4-17(27)22-14-9-10-26(12-14)18-16(20)11-21-19(24-18)23-13-5-7-15(8-6-13)25(2)3/h4,11,13-15H,1,5-10,12H2,2-3H3,(H,22,27)(H,21,23,24)/t13?,14-,15?/m1/s1. The summed E-state index contributed by atoms with van der Waals surface area (Å²) in [4.78, 5) is 24.9. The van der Waals surface area contributed by atoms with Gasteiger partial charge in [-0.1, -0.05) is 18.2 Å². The Morgan fingerprint density at radius 2 is 2.04 bits per heavy atom. The smallest absolute Gasteiger partial charge is 0.243 e. The minimum absolute atomic E-state index is 0.0826. The Morgan fingerprint density at radius 3 is 2.70 bits per heavy atom. The van der Waals surface area contributed by atoms with Gasteiger partial charge in [-0.05, 0) is 52.3 Å². The van der Waals surface area contributed by atoms with Crippen molar-refractivity contribution >= 4 is 29.3 Å². The molecule has 1 aliphatic heterocycles. The minimum atomic E-state index is -0.147. The van der Waals surface area contributed by atoms with Gasteiger partial charge in [0.15, 0.2) is 5.82 Å². The third-order valence-corrected chi connectivity index (χ3v) is 5.77. The second-order valence-corrected chi connectivity index (χ2v) is 8.03. The maximum atomic E-state index is 11.5. The summed E-state index contributed by atoms with van der Waals surface area (Å²) < 4.78 is 0. The average molecular weight is 393 g/mol. The Bertz CT molecular complexity index is 674. The quantitative estimate of drug-likeness (QED) is 0.723. The fourth-order valence-electron chi connectivity index (χ4n) is 3.90. The number of carbonyl (C=O) groups is 1. The summed E-state index contributed by atoms with van der Waals surface area (Å²) in [5, 5.41) is 6.95. The molecule has 148 valence electrons. The van der Waals surface area contributed by atoms with Crippen molar-refractivity contribution in [2.45, 2.75) is 50.2 Å². The van der Waals surface area contributed by atoms with Gasteiger partial charge in [0.05, 0.1) is 6.20 Å². The highest BCUT2D eigenvalue weighted by molar-refractivity contribution is 6.32. The van der Waals surface area contributed by atoms with Crippen LogP contribution in [0.15, 0.2) is 18.9 Å². The summed E-state index contributed by atoms with van der Waals surface area (Å²) in [7, 11) is 4.29. The predicted molar refractivity (Wildman–Crippen MR) is 109 cm³/mol. The molecule has 0 bridgehead atoms. The first kappa shape index (κ1) is 19.9. The number of hydrogen-bond acceptors (Lipinski definition) is 6. The zero-order chi connectivity index (χ0) is 19.4. The molecular formula is C19H29ClN6O. The molecule has 0 radical (unpaired) electrons. The van der Waals surface area contributed by atoms with Crippen molar-refractivity contribution in [2.75, 3.05) is 37.4 Å². The molecular weight excluding hydrogens is 364 g/mol. The maximum Gasteiger partial charge on any atom is 0.243 e. The van der Waals surface area contributed by atoms with Gasteiger partial charge in [0, 0.05) is 31.2 Å². The van der Waals surface area contributed by atoms with Crippen LogP contribution >= 0.6 is 11.6 Å². The van der Waals surface area contributed by atoms with Crippen LogP contribution in [-0.4, -0.2) is 66.1 Å². The van der Waals surface area contributed by atoms with Crippen LogP contribution in [0.1, 0.15) is 32.1 Å². The van der Waals surface area contributed by atoms with Crippen molar-refractivity contribution in [2.24, 2.45) is 0 Å². The van der Waals surface area contributed by atoms with E-state index >= 15 is 0 Å². The topological polar surface area (TPSA) is 73.4 Å². The van der Waals surface area contributed by atoms with E-state index in [1.54, 1.807) is 6.20 Å². The number of anilines is 2. The second kappa shape index (κ2) is 8.89. The fraction of sp³-hybridized carbons (Fsp3) is 0.632. The molecule has 3 rings (SSSR count). The number of halogens is 1. The molecule has 1 saturated carbocycles. The number of rotatable bonds is 6. The molecule has 0 unspecified atom stereocenters. The van der Waals surface area contributed by atoms with Crippen LogP contribution in [0, 0.1) is 0 Å². The number of nitrogens with one attached hydrogen (secondary N) is 2. The van der Waals surface area contributed by atoms with Crippen LogP contribution in [0.2, 0.25) is 5.02 Å². The molecule has 2 N–H and O–H groups in total. The Balaban J connectivity index is 1.60. The van der Waals surface area contributed by atoms with Gasteiger partial charge in [0.1, 0.15) is 5.02 Å². The van der Waals surface area contributed by atoms with Crippen molar-refractivity contribution in [1.82, 2.24) is 20.2 Å². The molecule has 2 fully saturated rings. The van der Waals surface area contributed by atoms with Gasteiger partial charge in [-0.25, -0.2) is 4.98 Å². The number of aromatic nitrogens is 2. The van der Waals surface area contributed by atoms with E-state index in [1.165, 1.54) is 18.9 Å². The zero-order valence-electron chi connectivity index (χ0n) is 16.1. The molecule has 0 spiro atoms. The van der Waals surface area contributed by atoms with Gasteiger partial charge >= 0.3 is 0 Å². The summed E-state index contributed by atoms with van der Waals surface area (Å²) in [6.07, 6.45) is 8.41. The highest BCUT2D eigenvalue weighted by atomic mass is 35.5. The first-order valence-electron chi connectivity index (χ1n) is 9.59. The van der Waals surface area contributed by atoms with Crippen molar-refractivity contribution in [3.05, 3.63) is 23.9 Å². The molecule has 1 aliphatic carbocycles. The van der Waals surface area contributed by atoms with Crippen LogP contribution in [0.5, 0.6) is 0 Å². The Morgan fingerprint density at radius 1 is 1.30 bits per heavy atom. The van der Waals surface area contributed by atoms with Gasteiger partial charge in [-0.2, -0.15) is 4.98 Å². The first-order chi connectivity index (χ1) is 13.0. The first-order valence-corrected chi connectivity index (χ1v) is 9.97. The highest BCUT2D eigenvalue weighted by Crippen LogP contribution is 2.28. The molecule has 1 saturated heterocycles. The van der Waals surface area contributed by atoms with Crippen molar-refractivity contribution < 1.29 is 4.79 Å². The number of carbonyl (C=O) groups excluding carboxylic acids is 1. The van der Waals surface area contributed by atoms with Crippen LogP contribution in [-0.2, 0) is 4.79 Å². The summed E-state index contributed by atoms with van der Waals surface area (Å²) in [6.45, 7) is 4.98. The van der Waals surface area contributed by atoms with Gasteiger partial charge in [-0.3, -0.25) is 4.79 Å². The minimum Gasteiger partial charge on any atom is -0.353 e. The van der Waals surface area contributed by atoms with Gasteiger partial charge < -0.3 is 20.4 Å². The lowest BCUT2D eigenvalue weighted by Crippen LogP contribution is -2.37. The number of hydrogen-bond donors (Lipinski definition) is 2. The van der Waals surface area contributed by atoms with E-state index in [9.17, 15) is 4.79 Å². The lowest BCUT2D eigenvalue weighted by molar-refractivity contribution is -0.117. The number of nitrogens with zero attached hydrogens (tertiary/aromatic N) is 4. The van der Waals surface area contributed by atoms with Crippen LogP contribution < -0.4 is 15.5 Å². The van der Waals surface area contributed by atoms with Gasteiger partial charge in [-0.15, -0.1) is 0 Å². The Labute approximate surface area is 166 Å². The average Bonchev–Trinajstić information content (AvgIpc) is 3.11. The predicted octanol–water partition coefficient (Wildman–Crippen LogP) is 2.30. The van der Waals surface area contributed by atoms with Crippen LogP contribution in [0.25, 0.3) is 0 Å². The Kier molecular flexibility index (Phi) is 6.55.